The van der Waals surface area contributed by atoms with Gasteiger partial charge in [-0.1, -0.05) is 30.3 Å². The van der Waals surface area contributed by atoms with E-state index >= 15 is 0 Å². The third kappa shape index (κ3) is 2.63. The van der Waals surface area contributed by atoms with E-state index in [9.17, 15) is 21.2 Å². The number of nitrogens with zero attached hydrogens (tertiary/aromatic N) is 5. The third-order valence-electron chi connectivity index (χ3n) is 4.23. The van der Waals surface area contributed by atoms with Gasteiger partial charge in [-0.3, -0.25) is 0 Å². The monoisotopic (exact) mass is 351 g/mol. The zero-order chi connectivity index (χ0) is 19.6. The number of hydrogen-bond acceptors (Lipinski definition) is 7. The summed E-state index contributed by atoms with van der Waals surface area (Å²) in [6.07, 6.45) is 0. The molecule has 0 amide bonds. The van der Waals surface area contributed by atoms with Crippen LogP contribution in [0.4, 0.5) is 17.3 Å². The van der Waals surface area contributed by atoms with Gasteiger partial charge in [0, 0.05) is 5.56 Å². The SMILES string of the molecule is N#CC(=C=[N-])C1=C(C#N)C(c2ccccc2)c2c(nc(N)c(C#N)c2N)N1. The molecule has 0 saturated heterocycles. The number of pyridine rings is 1. The number of allylic oxidation sites excluding steroid dienone is 2. The summed E-state index contributed by atoms with van der Waals surface area (Å²) < 4.78 is 0. The van der Waals surface area contributed by atoms with Gasteiger partial charge in [0.1, 0.15) is 29.3 Å². The number of nitrogen functional groups attached to an aromatic ring is 2. The summed E-state index contributed by atoms with van der Waals surface area (Å²) in [5.41, 5.74) is 13.2. The molecule has 1 aliphatic rings. The first-order chi connectivity index (χ1) is 13.1. The van der Waals surface area contributed by atoms with Gasteiger partial charge in [0.25, 0.3) is 0 Å². The van der Waals surface area contributed by atoms with Crippen LogP contribution in [0.3, 0.4) is 0 Å². The van der Waals surface area contributed by atoms with Crippen molar-refractivity contribution in [3.8, 4) is 18.2 Å². The topological polar surface area (TPSA) is 171 Å². The Bertz CT molecular complexity index is 1150. The van der Waals surface area contributed by atoms with Crippen LogP contribution in [0.15, 0.2) is 47.2 Å². The molecule has 5 N–H and O–H groups in total. The van der Waals surface area contributed by atoms with Crippen LogP contribution in [0.5, 0.6) is 0 Å². The number of benzene rings is 1. The standard InChI is InChI=1S/C19H11N8/c20-6-11(7-21)17-12(8-22)14(10-4-2-1-3-5-10)15-16(24)13(9-23)18(25)27-19(15)26-17/h1-5,14H,(H5,24,25,26,27)/q-1. The lowest BCUT2D eigenvalue weighted by molar-refractivity contribution is 0.934. The minimum Gasteiger partial charge on any atom is -0.762 e. The maximum Gasteiger partial charge on any atom is 0.145 e. The van der Waals surface area contributed by atoms with Crippen LogP contribution in [0.2, 0.25) is 0 Å². The maximum atomic E-state index is 9.80. The molecule has 2 aromatic rings. The summed E-state index contributed by atoms with van der Waals surface area (Å²) in [6, 6.07) is 14.7. The first kappa shape index (κ1) is 17.3. The van der Waals surface area contributed by atoms with E-state index in [0.29, 0.717) is 11.1 Å². The van der Waals surface area contributed by atoms with Gasteiger partial charge in [0.2, 0.25) is 0 Å². The fourth-order valence-electron chi connectivity index (χ4n) is 3.05. The van der Waals surface area contributed by atoms with Crippen LogP contribution in [0, 0.1) is 34.0 Å². The van der Waals surface area contributed by atoms with Crippen LogP contribution in [-0.2, 0) is 0 Å². The van der Waals surface area contributed by atoms with E-state index in [2.05, 4.69) is 16.4 Å². The highest BCUT2D eigenvalue weighted by molar-refractivity contribution is 5.84. The quantitative estimate of drug-likeness (QED) is 0.549. The Kier molecular flexibility index (Phi) is 4.31. The molecule has 1 aliphatic heterocycles. The third-order valence-corrected chi connectivity index (χ3v) is 4.23. The first-order valence-corrected chi connectivity index (χ1v) is 7.70. The van der Waals surface area contributed by atoms with Gasteiger partial charge >= 0.3 is 0 Å². The average molecular weight is 351 g/mol. The summed E-state index contributed by atoms with van der Waals surface area (Å²) in [5, 5.41) is 40.5. The lowest BCUT2D eigenvalue weighted by atomic mass is 9.80. The average Bonchev–Trinajstić information content (AvgIpc) is 2.69. The molecule has 0 aliphatic carbocycles. The lowest BCUT2D eigenvalue weighted by Gasteiger charge is -2.30. The second kappa shape index (κ2) is 6.74. The predicted octanol–water partition coefficient (Wildman–Crippen LogP) is 2.14. The number of fused-ring (bicyclic) bond motifs is 1. The lowest BCUT2D eigenvalue weighted by Crippen LogP contribution is -2.23. The number of anilines is 3. The molecule has 2 heterocycles. The fourth-order valence-corrected chi connectivity index (χ4v) is 3.05. The van der Waals surface area contributed by atoms with Crippen molar-refractivity contribution in [3.05, 3.63) is 69.3 Å². The van der Waals surface area contributed by atoms with E-state index < -0.39 is 5.92 Å². The molecule has 1 aromatic heterocycles. The highest BCUT2D eigenvalue weighted by Crippen LogP contribution is 2.46. The van der Waals surface area contributed by atoms with Crippen molar-refractivity contribution in [3.63, 3.8) is 0 Å². The van der Waals surface area contributed by atoms with Gasteiger partial charge in [-0.25, -0.2) is 10.9 Å². The largest absolute Gasteiger partial charge is 0.762 e. The van der Waals surface area contributed by atoms with Crippen molar-refractivity contribution in [1.82, 2.24) is 4.98 Å². The molecule has 0 saturated carbocycles. The summed E-state index contributed by atoms with van der Waals surface area (Å²) in [6.45, 7) is 0. The molecule has 0 radical (unpaired) electrons. The number of nitriles is 3. The van der Waals surface area contributed by atoms with Crippen molar-refractivity contribution in [2.75, 3.05) is 16.8 Å². The number of nitrogens with one attached hydrogen (secondary N) is 1. The van der Waals surface area contributed by atoms with Crippen LogP contribution in [0.25, 0.3) is 5.41 Å². The van der Waals surface area contributed by atoms with Crippen LogP contribution < -0.4 is 16.8 Å². The number of aromatic nitrogens is 1. The Morgan fingerprint density at radius 1 is 1.11 bits per heavy atom. The normalized spacial score (nSPS) is 14.6. The molecular weight excluding hydrogens is 340 g/mol. The van der Waals surface area contributed by atoms with Crippen molar-refractivity contribution >= 4 is 23.2 Å². The van der Waals surface area contributed by atoms with Crippen molar-refractivity contribution < 1.29 is 0 Å². The molecule has 3 rings (SSSR count). The molecular formula is C19H11N8-. The van der Waals surface area contributed by atoms with Gasteiger partial charge < -0.3 is 22.2 Å². The molecule has 27 heavy (non-hydrogen) atoms. The van der Waals surface area contributed by atoms with Crippen LogP contribution >= 0.6 is 0 Å². The van der Waals surface area contributed by atoms with E-state index in [-0.39, 0.29) is 39.7 Å². The highest BCUT2D eigenvalue weighted by Gasteiger charge is 2.35. The maximum absolute atomic E-state index is 9.80. The zero-order valence-electron chi connectivity index (χ0n) is 13.9. The van der Waals surface area contributed by atoms with Gasteiger partial charge in [0.15, 0.2) is 0 Å². The second-order valence-electron chi connectivity index (χ2n) is 5.63. The summed E-state index contributed by atoms with van der Waals surface area (Å²) in [5.74, 6) is 1.20. The Labute approximate surface area is 154 Å². The Morgan fingerprint density at radius 2 is 1.81 bits per heavy atom. The highest BCUT2D eigenvalue weighted by atomic mass is 15.1. The number of nitrogens with two attached hydrogens (primary N) is 2. The molecule has 0 spiro atoms. The minimum atomic E-state index is -0.709. The molecule has 1 unspecified atom stereocenters. The summed E-state index contributed by atoms with van der Waals surface area (Å²) in [4.78, 5) is 4.18. The molecule has 1 aromatic carbocycles. The second-order valence-corrected chi connectivity index (χ2v) is 5.63. The fraction of sp³-hybridized carbons (Fsp3) is 0.0526. The summed E-state index contributed by atoms with van der Waals surface area (Å²) in [7, 11) is 0. The molecule has 0 bridgehead atoms. The predicted molar refractivity (Wildman–Crippen MR) is 99.8 cm³/mol. The van der Waals surface area contributed by atoms with Gasteiger partial charge in [-0.05, 0) is 5.56 Å². The number of hydrogen-bond donors (Lipinski definition) is 3. The molecule has 128 valence electrons. The smallest absolute Gasteiger partial charge is 0.145 e. The van der Waals surface area contributed by atoms with E-state index in [0.717, 1.165) is 0 Å². The molecule has 0 fully saturated rings. The Morgan fingerprint density at radius 3 is 2.37 bits per heavy atom. The molecule has 8 nitrogen and oxygen atoms in total. The van der Waals surface area contributed by atoms with Crippen LogP contribution in [0.1, 0.15) is 22.6 Å². The van der Waals surface area contributed by atoms with E-state index in [1.807, 2.05) is 12.1 Å². The van der Waals surface area contributed by atoms with Gasteiger partial charge in [-0.15, -0.1) is 0 Å². The van der Waals surface area contributed by atoms with Gasteiger partial charge in [-0.2, -0.15) is 15.8 Å². The first-order valence-electron chi connectivity index (χ1n) is 7.70. The zero-order valence-corrected chi connectivity index (χ0v) is 13.9. The Hall–Kier alpha value is -4.57. The summed E-state index contributed by atoms with van der Waals surface area (Å²) >= 11 is 0. The van der Waals surface area contributed by atoms with E-state index in [4.69, 9.17) is 11.5 Å². The van der Waals surface area contributed by atoms with Crippen LogP contribution in [-0.4, -0.2) is 10.9 Å². The Balaban J connectivity index is 2.44. The van der Waals surface area contributed by atoms with Crippen molar-refractivity contribution in [2.24, 2.45) is 0 Å². The number of rotatable bonds is 2. The van der Waals surface area contributed by atoms with Gasteiger partial charge in [0.05, 0.1) is 34.5 Å². The van der Waals surface area contributed by atoms with Crippen molar-refractivity contribution in [1.29, 1.82) is 15.8 Å². The molecule has 1 atom stereocenters. The van der Waals surface area contributed by atoms with E-state index in [1.54, 1.807) is 36.2 Å². The van der Waals surface area contributed by atoms with Crippen molar-refractivity contribution in [2.45, 2.75) is 5.92 Å². The molecule has 8 heteroatoms. The van der Waals surface area contributed by atoms with E-state index in [1.165, 1.54) is 0 Å². The minimum absolute atomic E-state index is 0.0157.